The van der Waals surface area contributed by atoms with E-state index in [4.69, 9.17) is 14.2 Å². The first-order valence-electron chi connectivity index (χ1n) is 6.71. The SMILES string of the molecule is CCOc1c(Br)cc(Br)cc1CNCC1COCCO1. The van der Waals surface area contributed by atoms with Gasteiger partial charge in [0.2, 0.25) is 0 Å². The fourth-order valence-corrected chi connectivity index (χ4v) is 3.50. The van der Waals surface area contributed by atoms with Crippen molar-refractivity contribution in [1.29, 1.82) is 0 Å². The molecule has 0 saturated carbocycles. The summed E-state index contributed by atoms with van der Waals surface area (Å²) in [5, 5.41) is 3.40. The van der Waals surface area contributed by atoms with Gasteiger partial charge in [-0.25, -0.2) is 0 Å². The lowest BCUT2D eigenvalue weighted by molar-refractivity contribution is -0.0864. The van der Waals surface area contributed by atoms with Crippen molar-refractivity contribution < 1.29 is 14.2 Å². The smallest absolute Gasteiger partial charge is 0.138 e. The van der Waals surface area contributed by atoms with Crippen LogP contribution in [0, 0.1) is 0 Å². The maximum Gasteiger partial charge on any atom is 0.138 e. The van der Waals surface area contributed by atoms with Crippen LogP contribution in [0.2, 0.25) is 0 Å². The zero-order valence-corrected chi connectivity index (χ0v) is 14.6. The van der Waals surface area contributed by atoms with Gasteiger partial charge in [-0.1, -0.05) is 15.9 Å². The first-order chi connectivity index (χ1) is 9.70. The van der Waals surface area contributed by atoms with E-state index in [0.29, 0.717) is 26.4 Å². The van der Waals surface area contributed by atoms with E-state index in [2.05, 4.69) is 43.2 Å². The summed E-state index contributed by atoms with van der Waals surface area (Å²) in [5.74, 6) is 0.893. The summed E-state index contributed by atoms with van der Waals surface area (Å²) < 4.78 is 18.7. The third-order valence-corrected chi connectivity index (χ3v) is 3.99. The maximum absolute atomic E-state index is 5.70. The van der Waals surface area contributed by atoms with Crippen LogP contribution in [-0.2, 0) is 16.0 Å². The second-order valence-corrected chi connectivity index (χ2v) is 6.28. The second-order valence-electron chi connectivity index (χ2n) is 4.51. The molecule has 112 valence electrons. The van der Waals surface area contributed by atoms with E-state index in [1.54, 1.807) is 0 Å². The summed E-state index contributed by atoms with van der Waals surface area (Å²) in [4.78, 5) is 0. The van der Waals surface area contributed by atoms with Crippen molar-refractivity contribution in [2.75, 3.05) is 33.0 Å². The van der Waals surface area contributed by atoms with Gasteiger partial charge in [0.15, 0.2) is 0 Å². The molecule has 1 unspecified atom stereocenters. The summed E-state index contributed by atoms with van der Waals surface area (Å²) in [5.41, 5.74) is 1.12. The van der Waals surface area contributed by atoms with Gasteiger partial charge in [-0.15, -0.1) is 0 Å². The third kappa shape index (κ3) is 4.70. The Bertz CT molecular complexity index is 437. The first kappa shape index (κ1) is 16.2. The Balaban J connectivity index is 1.93. The zero-order valence-electron chi connectivity index (χ0n) is 11.5. The number of hydrogen-bond donors (Lipinski definition) is 1. The predicted molar refractivity (Wildman–Crippen MR) is 85.3 cm³/mol. The summed E-state index contributed by atoms with van der Waals surface area (Å²) in [7, 11) is 0. The van der Waals surface area contributed by atoms with Crippen molar-refractivity contribution in [2.45, 2.75) is 19.6 Å². The quantitative estimate of drug-likeness (QED) is 0.784. The van der Waals surface area contributed by atoms with E-state index in [-0.39, 0.29) is 6.10 Å². The van der Waals surface area contributed by atoms with Gasteiger partial charge in [-0.3, -0.25) is 0 Å². The van der Waals surface area contributed by atoms with Crippen molar-refractivity contribution >= 4 is 31.9 Å². The topological polar surface area (TPSA) is 39.7 Å². The van der Waals surface area contributed by atoms with Crippen molar-refractivity contribution in [1.82, 2.24) is 5.32 Å². The highest BCUT2D eigenvalue weighted by molar-refractivity contribution is 9.11. The van der Waals surface area contributed by atoms with Crippen LogP contribution >= 0.6 is 31.9 Å². The highest BCUT2D eigenvalue weighted by Crippen LogP contribution is 2.32. The van der Waals surface area contributed by atoms with E-state index >= 15 is 0 Å². The van der Waals surface area contributed by atoms with Crippen molar-refractivity contribution in [3.8, 4) is 5.75 Å². The fraction of sp³-hybridized carbons (Fsp3) is 0.571. The Morgan fingerprint density at radius 2 is 2.20 bits per heavy atom. The molecule has 1 atom stereocenters. The van der Waals surface area contributed by atoms with Gasteiger partial charge in [0.1, 0.15) is 5.75 Å². The molecule has 1 saturated heterocycles. The molecule has 0 spiro atoms. The molecule has 0 bridgehead atoms. The van der Waals surface area contributed by atoms with Gasteiger partial charge in [0.05, 0.1) is 37.0 Å². The molecule has 1 aliphatic rings. The minimum atomic E-state index is 0.134. The highest BCUT2D eigenvalue weighted by Gasteiger charge is 2.15. The number of nitrogens with one attached hydrogen (secondary N) is 1. The molecule has 0 radical (unpaired) electrons. The summed E-state index contributed by atoms with van der Waals surface area (Å²) >= 11 is 7.05. The Kier molecular flexibility index (Phi) is 6.77. The largest absolute Gasteiger partial charge is 0.492 e. The normalized spacial score (nSPS) is 19.1. The molecule has 1 fully saturated rings. The Hall–Kier alpha value is -0.140. The molecule has 20 heavy (non-hydrogen) atoms. The minimum Gasteiger partial charge on any atom is -0.492 e. The van der Waals surface area contributed by atoms with E-state index in [1.165, 1.54) is 0 Å². The van der Waals surface area contributed by atoms with Gasteiger partial charge in [0, 0.05) is 23.1 Å². The van der Waals surface area contributed by atoms with Crippen LogP contribution in [0.4, 0.5) is 0 Å². The van der Waals surface area contributed by atoms with E-state index < -0.39 is 0 Å². The van der Waals surface area contributed by atoms with Crippen LogP contribution in [-0.4, -0.2) is 39.1 Å². The first-order valence-corrected chi connectivity index (χ1v) is 8.30. The van der Waals surface area contributed by atoms with Crippen LogP contribution in [0.5, 0.6) is 5.75 Å². The molecule has 2 rings (SSSR count). The van der Waals surface area contributed by atoms with Gasteiger partial charge >= 0.3 is 0 Å². The molecular formula is C14H19Br2NO3. The molecule has 1 aromatic rings. The number of hydrogen-bond acceptors (Lipinski definition) is 4. The number of halogens is 2. The fourth-order valence-electron chi connectivity index (χ4n) is 2.07. The number of rotatable bonds is 6. The van der Waals surface area contributed by atoms with Gasteiger partial charge in [-0.2, -0.15) is 0 Å². The van der Waals surface area contributed by atoms with Crippen molar-refractivity contribution in [2.24, 2.45) is 0 Å². The lowest BCUT2D eigenvalue weighted by Crippen LogP contribution is -2.37. The highest BCUT2D eigenvalue weighted by atomic mass is 79.9. The van der Waals surface area contributed by atoms with Crippen LogP contribution in [0.25, 0.3) is 0 Å². The minimum absolute atomic E-state index is 0.134. The zero-order chi connectivity index (χ0) is 14.4. The second kappa shape index (κ2) is 8.34. The maximum atomic E-state index is 5.70. The van der Waals surface area contributed by atoms with E-state index in [9.17, 15) is 0 Å². The van der Waals surface area contributed by atoms with E-state index in [0.717, 1.165) is 33.3 Å². The summed E-state index contributed by atoms with van der Waals surface area (Å²) in [6, 6.07) is 4.06. The molecule has 1 N–H and O–H groups in total. The van der Waals surface area contributed by atoms with Gasteiger partial charge < -0.3 is 19.5 Å². The Morgan fingerprint density at radius 1 is 1.35 bits per heavy atom. The molecular weight excluding hydrogens is 390 g/mol. The van der Waals surface area contributed by atoms with Crippen LogP contribution in [0.1, 0.15) is 12.5 Å². The Labute approximate surface area is 136 Å². The number of ether oxygens (including phenoxy) is 3. The van der Waals surface area contributed by atoms with Crippen LogP contribution in [0.15, 0.2) is 21.1 Å². The van der Waals surface area contributed by atoms with Crippen LogP contribution in [0.3, 0.4) is 0 Å². The summed E-state index contributed by atoms with van der Waals surface area (Å²) in [6.07, 6.45) is 0.134. The Morgan fingerprint density at radius 3 is 2.90 bits per heavy atom. The summed E-state index contributed by atoms with van der Waals surface area (Å²) in [6.45, 7) is 6.17. The predicted octanol–water partition coefficient (Wildman–Crippen LogP) is 3.12. The molecule has 1 heterocycles. The average molecular weight is 409 g/mol. The third-order valence-electron chi connectivity index (χ3n) is 2.95. The molecule has 0 amide bonds. The van der Waals surface area contributed by atoms with Gasteiger partial charge in [-0.05, 0) is 35.0 Å². The van der Waals surface area contributed by atoms with Gasteiger partial charge in [0.25, 0.3) is 0 Å². The van der Waals surface area contributed by atoms with Crippen LogP contribution < -0.4 is 10.1 Å². The molecule has 0 aromatic heterocycles. The molecule has 1 aliphatic heterocycles. The lowest BCUT2D eigenvalue weighted by Gasteiger charge is -2.23. The molecule has 0 aliphatic carbocycles. The van der Waals surface area contributed by atoms with Crippen molar-refractivity contribution in [3.63, 3.8) is 0 Å². The monoisotopic (exact) mass is 407 g/mol. The average Bonchev–Trinajstić information content (AvgIpc) is 2.43. The lowest BCUT2D eigenvalue weighted by atomic mass is 10.2. The van der Waals surface area contributed by atoms with E-state index in [1.807, 2.05) is 13.0 Å². The standard InChI is InChI=1S/C14H19Br2NO3/c1-2-19-14-10(5-11(15)6-13(14)16)7-17-8-12-9-18-3-4-20-12/h5-6,12,17H,2-4,7-9H2,1H3. The number of benzene rings is 1. The molecule has 6 heteroatoms. The van der Waals surface area contributed by atoms with Crippen molar-refractivity contribution in [3.05, 3.63) is 26.6 Å². The molecule has 4 nitrogen and oxygen atoms in total. The molecule has 1 aromatic carbocycles.